The second kappa shape index (κ2) is 7.21. The van der Waals surface area contributed by atoms with Gasteiger partial charge in [0.05, 0.1) is 6.61 Å². The number of hydrogen-bond donors (Lipinski definition) is 2. The number of nitrogens with one attached hydrogen (secondary N) is 2. The first-order valence-electron chi connectivity index (χ1n) is 9.00. The highest BCUT2D eigenvalue weighted by atomic mass is 16.6. The average molecular weight is 387 g/mol. The van der Waals surface area contributed by atoms with Crippen molar-refractivity contribution in [1.82, 2.24) is 24.4 Å². The maximum Gasteiger partial charge on any atom is 0.332 e. The van der Waals surface area contributed by atoms with Gasteiger partial charge in [-0.3, -0.25) is 18.7 Å². The fourth-order valence-corrected chi connectivity index (χ4v) is 3.31. The molecule has 2 N–H and O–H groups in total. The number of fused-ring (bicyclic) bond motifs is 2. The van der Waals surface area contributed by atoms with Gasteiger partial charge in [-0.25, -0.2) is 9.78 Å². The van der Waals surface area contributed by atoms with Crippen molar-refractivity contribution in [1.29, 1.82) is 0 Å². The molecule has 3 atom stereocenters. The van der Waals surface area contributed by atoms with Crippen LogP contribution in [-0.2, 0) is 34.8 Å². The summed E-state index contributed by atoms with van der Waals surface area (Å²) in [6.45, 7) is 0.491. The van der Waals surface area contributed by atoms with Crippen molar-refractivity contribution in [2.45, 2.75) is 24.7 Å². The van der Waals surface area contributed by atoms with Crippen LogP contribution in [0.15, 0.2) is 33.9 Å². The van der Waals surface area contributed by atoms with Gasteiger partial charge in [-0.1, -0.05) is 24.3 Å². The van der Waals surface area contributed by atoms with Gasteiger partial charge in [0.25, 0.3) is 11.5 Å². The van der Waals surface area contributed by atoms with Crippen LogP contribution in [0.5, 0.6) is 0 Å². The van der Waals surface area contributed by atoms with Crippen molar-refractivity contribution < 1.29 is 14.3 Å². The van der Waals surface area contributed by atoms with E-state index in [1.165, 1.54) is 11.6 Å². The third-order valence-electron chi connectivity index (χ3n) is 4.90. The number of imidazole rings is 1. The van der Waals surface area contributed by atoms with Crippen LogP contribution < -0.4 is 16.6 Å². The summed E-state index contributed by atoms with van der Waals surface area (Å²) in [5.41, 5.74) is -0.319. The zero-order valence-corrected chi connectivity index (χ0v) is 15.5. The maximum atomic E-state index is 12.3. The first-order valence-corrected chi connectivity index (χ1v) is 9.00. The number of H-pyrrole nitrogens is 1. The molecule has 1 amide bonds. The lowest BCUT2D eigenvalue weighted by molar-refractivity contribution is -0.168. The molecule has 148 valence electrons. The minimum absolute atomic E-state index is 0.154. The van der Waals surface area contributed by atoms with E-state index in [2.05, 4.69) is 15.3 Å². The molecule has 10 heteroatoms. The lowest BCUT2D eigenvalue weighted by Gasteiger charge is -2.34. The van der Waals surface area contributed by atoms with Gasteiger partial charge in [0.15, 0.2) is 11.8 Å². The minimum atomic E-state index is -0.679. The van der Waals surface area contributed by atoms with Crippen LogP contribution in [0.25, 0.3) is 11.2 Å². The SMILES string of the molecule is Cn1c(=O)c2[nH]c(CCNC(=O)C3COC4C=CC=CC4O3)nc2n(C)c1=O. The smallest absolute Gasteiger partial charge is 0.332 e. The summed E-state index contributed by atoms with van der Waals surface area (Å²) in [5.74, 6) is 0.246. The Kier molecular flexibility index (Phi) is 4.73. The average Bonchev–Trinajstić information content (AvgIpc) is 3.14. The molecule has 1 aliphatic carbocycles. The zero-order valence-electron chi connectivity index (χ0n) is 15.5. The predicted octanol–water partition coefficient (Wildman–Crippen LogP) is -1.10. The highest BCUT2D eigenvalue weighted by molar-refractivity contribution is 5.81. The molecule has 0 aromatic carbocycles. The quantitative estimate of drug-likeness (QED) is 0.687. The van der Waals surface area contributed by atoms with E-state index in [1.54, 1.807) is 7.05 Å². The maximum absolute atomic E-state index is 12.3. The second-order valence-corrected chi connectivity index (χ2v) is 6.79. The summed E-state index contributed by atoms with van der Waals surface area (Å²) in [4.78, 5) is 43.7. The number of aromatic amines is 1. The molecule has 10 nitrogen and oxygen atoms in total. The van der Waals surface area contributed by atoms with Crippen LogP contribution >= 0.6 is 0 Å². The van der Waals surface area contributed by atoms with E-state index in [0.717, 1.165) is 4.57 Å². The molecule has 4 rings (SSSR count). The molecule has 0 radical (unpaired) electrons. The Labute approximate surface area is 159 Å². The molecular formula is C18H21N5O5. The van der Waals surface area contributed by atoms with Gasteiger partial charge in [0.2, 0.25) is 0 Å². The van der Waals surface area contributed by atoms with Crippen molar-refractivity contribution >= 4 is 17.1 Å². The van der Waals surface area contributed by atoms with Gasteiger partial charge in [-0.05, 0) is 0 Å². The lowest BCUT2D eigenvalue weighted by Crippen LogP contribution is -2.49. The van der Waals surface area contributed by atoms with Crippen molar-refractivity contribution in [2.24, 2.45) is 14.1 Å². The van der Waals surface area contributed by atoms with Crippen LogP contribution in [0, 0.1) is 0 Å². The lowest BCUT2D eigenvalue weighted by atomic mass is 10.1. The van der Waals surface area contributed by atoms with Gasteiger partial charge >= 0.3 is 5.69 Å². The summed E-state index contributed by atoms with van der Waals surface area (Å²) in [6, 6.07) is 0. The van der Waals surface area contributed by atoms with Crippen LogP contribution in [0.4, 0.5) is 0 Å². The van der Waals surface area contributed by atoms with Gasteiger partial charge < -0.3 is 19.8 Å². The molecule has 0 bridgehead atoms. The summed E-state index contributed by atoms with van der Waals surface area (Å²) >= 11 is 0. The number of ether oxygens (including phenoxy) is 2. The topological polar surface area (TPSA) is 120 Å². The molecule has 0 spiro atoms. The Hall–Kier alpha value is -2.98. The predicted molar refractivity (Wildman–Crippen MR) is 100.0 cm³/mol. The molecule has 1 fully saturated rings. The van der Waals surface area contributed by atoms with E-state index >= 15 is 0 Å². The molecule has 28 heavy (non-hydrogen) atoms. The molecule has 3 unspecified atom stereocenters. The zero-order chi connectivity index (χ0) is 19.8. The molecule has 2 aliphatic rings. The van der Waals surface area contributed by atoms with Crippen molar-refractivity contribution in [2.75, 3.05) is 13.2 Å². The summed E-state index contributed by atoms with van der Waals surface area (Å²) in [5, 5.41) is 2.79. The first-order chi connectivity index (χ1) is 13.5. The van der Waals surface area contributed by atoms with Gasteiger partial charge in [-0.15, -0.1) is 0 Å². The molecule has 2 aromatic rings. The Bertz CT molecular complexity index is 1090. The first kappa shape index (κ1) is 18.4. The summed E-state index contributed by atoms with van der Waals surface area (Å²) in [6.07, 6.45) is 6.80. The van der Waals surface area contributed by atoms with Crippen molar-refractivity contribution in [3.63, 3.8) is 0 Å². The van der Waals surface area contributed by atoms with E-state index in [4.69, 9.17) is 9.47 Å². The summed E-state index contributed by atoms with van der Waals surface area (Å²) < 4.78 is 13.8. The number of aryl methyl sites for hydroxylation is 1. The third kappa shape index (κ3) is 3.20. The van der Waals surface area contributed by atoms with Gasteiger partial charge in [0, 0.05) is 27.1 Å². The van der Waals surface area contributed by atoms with Crippen LogP contribution in [0.2, 0.25) is 0 Å². The van der Waals surface area contributed by atoms with E-state index < -0.39 is 17.4 Å². The Morgan fingerprint density at radius 2 is 2.00 bits per heavy atom. The van der Waals surface area contributed by atoms with Gasteiger partial charge in [0.1, 0.15) is 23.5 Å². The molecule has 0 saturated carbocycles. The fourth-order valence-electron chi connectivity index (χ4n) is 3.31. The Morgan fingerprint density at radius 1 is 1.25 bits per heavy atom. The van der Waals surface area contributed by atoms with Crippen molar-refractivity contribution in [3.8, 4) is 0 Å². The number of aromatic nitrogens is 4. The number of amides is 1. The normalized spacial score (nSPS) is 23.7. The van der Waals surface area contributed by atoms with Crippen LogP contribution in [0.1, 0.15) is 5.82 Å². The Morgan fingerprint density at radius 3 is 2.79 bits per heavy atom. The Balaban J connectivity index is 1.38. The van der Waals surface area contributed by atoms with E-state index in [0.29, 0.717) is 24.4 Å². The van der Waals surface area contributed by atoms with E-state index in [1.807, 2.05) is 24.3 Å². The number of hydrogen-bond acceptors (Lipinski definition) is 6. The number of carbonyl (C=O) groups excluding carboxylic acids is 1. The fraction of sp³-hybridized carbons (Fsp3) is 0.444. The largest absolute Gasteiger partial charge is 0.368 e. The molecule has 3 heterocycles. The monoisotopic (exact) mass is 387 g/mol. The number of rotatable bonds is 4. The van der Waals surface area contributed by atoms with Crippen molar-refractivity contribution in [3.05, 3.63) is 51.0 Å². The molecule has 1 aliphatic heterocycles. The summed E-state index contributed by atoms with van der Waals surface area (Å²) in [7, 11) is 2.97. The number of carbonyl (C=O) groups is 1. The standard InChI is InChI=1S/C18H21N5O5/c1-22-15-14(17(25)23(2)18(22)26)20-13(21-15)7-8-19-16(24)12-9-27-10-5-3-4-6-11(10)28-12/h3-6,10-12H,7-9H2,1-2H3,(H,19,24)(H,20,21). The van der Waals surface area contributed by atoms with E-state index in [9.17, 15) is 14.4 Å². The highest BCUT2D eigenvalue weighted by Gasteiger charge is 2.33. The van der Waals surface area contributed by atoms with Gasteiger partial charge in [-0.2, -0.15) is 0 Å². The van der Waals surface area contributed by atoms with E-state index in [-0.39, 0.29) is 30.2 Å². The molecule has 1 saturated heterocycles. The molecular weight excluding hydrogens is 366 g/mol. The van der Waals surface area contributed by atoms with Crippen LogP contribution in [0.3, 0.4) is 0 Å². The number of allylic oxidation sites excluding steroid dienone is 2. The highest BCUT2D eigenvalue weighted by Crippen LogP contribution is 2.20. The third-order valence-corrected chi connectivity index (χ3v) is 4.90. The molecule has 2 aromatic heterocycles. The number of nitrogens with zero attached hydrogens (tertiary/aromatic N) is 3. The minimum Gasteiger partial charge on any atom is -0.368 e. The van der Waals surface area contributed by atoms with Crippen LogP contribution in [-0.4, -0.2) is 56.5 Å². The second-order valence-electron chi connectivity index (χ2n) is 6.79.